The largest absolute Gasteiger partial charge is 0.492 e. The highest BCUT2D eigenvalue weighted by Gasteiger charge is 2.00. The molecule has 0 aliphatic rings. The van der Waals surface area contributed by atoms with Crippen molar-refractivity contribution < 1.29 is 13.9 Å². The van der Waals surface area contributed by atoms with Crippen LogP contribution in [0.15, 0.2) is 48.5 Å². The third kappa shape index (κ3) is 5.61. The maximum absolute atomic E-state index is 12.7. The number of benzene rings is 2. The van der Waals surface area contributed by atoms with Gasteiger partial charge in [0, 0.05) is 11.6 Å². The van der Waals surface area contributed by atoms with Crippen molar-refractivity contribution in [3.8, 4) is 5.75 Å². The van der Waals surface area contributed by atoms with Gasteiger partial charge in [-0.1, -0.05) is 23.7 Å². The van der Waals surface area contributed by atoms with Crippen LogP contribution in [0.3, 0.4) is 0 Å². The lowest BCUT2D eigenvalue weighted by Gasteiger charge is -2.09. The van der Waals surface area contributed by atoms with E-state index in [-0.39, 0.29) is 11.8 Å². The summed E-state index contributed by atoms with van der Waals surface area (Å²) in [6, 6.07) is 12.7. The first-order valence-corrected chi connectivity index (χ1v) is 7.16. The van der Waals surface area contributed by atoms with Gasteiger partial charge in [-0.2, -0.15) is 0 Å². The predicted octanol–water partition coefficient (Wildman–Crippen LogP) is 3.36. The average Bonchev–Trinajstić information content (AvgIpc) is 2.53. The maximum Gasteiger partial charge on any atom is 0.315 e. The van der Waals surface area contributed by atoms with Crippen LogP contribution in [0.5, 0.6) is 5.75 Å². The van der Waals surface area contributed by atoms with Crippen LogP contribution in [-0.4, -0.2) is 19.2 Å². The fourth-order valence-electron chi connectivity index (χ4n) is 1.71. The smallest absolute Gasteiger partial charge is 0.315 e. The number of carbonyl (C=O) groups is 1. The molecule has 2 N–H and O–H groups in total. The van der Waals surface area contributed by atoms with Gasteiger partial charge in [0.25, 0.3) is 0 Å². The molecule has 4 nitrogen and oxygen atoms in total. The maximum atomic E-state index is 12.7. The molecule has 116 valence electrons. The van der Waals surface area contributed by atoms with Crippen LogP contribution in [0, 0.1) is 5.82 Å². The molecule has 0 bridgehead atoms. The molecule has 0 heterocycles. The Balaban J connectivity index is 1.61. The third-order valence-electron chi connectivity index (χ3n) is 2.84. The Labute approximate surface area is 133 Å². The Morgan fingerprint density at radius 1 is 1.05 bits per heavy atom. The minimum absolute atomic E-state index is 0.299. The van der Waals surface area contributed by atoms with Gasteiger partial charge in [0.05, 0.1) is 6.54 Å². The van der Waals surface area contributed by atoms with Gasteiger partial charge < -0.3 is 15.4 Å². The number of urea groups is 1. The molecule has 0 spiro atoms. The van der Waals surface area contributed by atoms with Gasteiger partial charge in [0.15, 0.2) is 0 Å². The first kappa shape index (κ1) is 16.1. The Kier molecular flexibility index (Phi) is 6.03. The zero-order valence-electron chi connectivity index (χ0n) is 11.8. The Hall–Kier alpha value is -2.27. The molecule has 22 heavy (non-hydrogen) atoms. The van der Waals surface area contributed by atoms with Gasteiger partial charge in [-0.3, -0.25) is 0 Å². The van der Waals surface area contributed by atoms with Gasteiger partial charge in [0.1, 0.15) is 18.2 Å². The van der Waals surface area contributed by atoms with E-state index in [1.807, 2.05) is 0 Å². The van der Waals surface area contributed by atoms with Crippen molar-refractivity contribution in [2.45, 2.75) is 6.54 Å². The fourth-order valence-corrected chi connectivity index (χ4v) is 1.84. The molecule has 2 aromatic carbocycles. The highest BCUT2D eigenvalue weighted by molar-refractivity contribution is 6.30. The second-order valence-corrected chi connectivity index (χ2v) is 4.97. The fraction of sp³-hybridized carbons (Fsp3) is 0.188. The molecular formula is C16H16ClFN2O2. The lowest BCUT2D eigenvalue weighted by Crippen LogP contribution is -2.37. The Morgan fingerprint density at radius 3 is 2.41 bits per heavy atom. The number of rotatable bonds is 6. The second kappa shape index (κ2) is 8.24. The summed E-state index contributed by atoms with van der Waals surface area (Å²) in [5.74, 6) is 0.394. The van der Waals surface area contributed by atoms with E-state index in [1.165, 1.54) is 12.1 Å². The van der Waals surface area contributed by atoms with E-state index < -0.39 is 0 Å². The van der Waals surface area contributed by atoms with Crippen LogP contribution in [0.25, 0.3) is 0 Å². The topological polar surface area (TPSA) is 50.4 Å². The quantitative estimate of drug-likeness (QED) is 0.801. The first-order valence-electron chi connectivity index (χ1n) is 6.78. The van der Waals surface area contributed by atoms with Crippen molar-refractivity contribution in [1.82, 2.24) is 10.6 Å². The number of carbonyl (C=O) groups excluding carboxylic acids is 1. The number of halogens is 2. The SMILES string of the molecule is O=C(NCCOc1ccc(Cl)cc1)NCc1ccc(F)cc1. The van der Waals surface area contributed by atoms with E-state index in [2.05, 4.69) is 10.6 Å². The molecule has 0 saturated carbocycles. The van der Waals surface area contributed by atoms with Crippen LogP contribution in [0.1, 0.15) is 5.56 Å². The van der Waals surface area contributed by atoms with E-state index >= 15 is 0 Å². The zero-order valence-corrected chi connectivity index (χ0v) is 12.6. The van der Waals surface area contributed by atoms with Gasteiger partial charge in [0.2, 0.25) is 0 Å². The van der Waals surface area contributed by atoms with Crippen molar-refractivity contribution in [3.05, 3.63) is 64.9 Å². The van der Waals surface area contributed by atoms with Crippen LogP contribution in [0.4, 0.5) is 9.18 Å². The highest BCUT2D eigenvalue weighted by Crippen LogP contribution is 2.15. The van der Waals surface area contributed by atoms with E-state index in [0.29, 0.717) is 30.5 Å². The predicted molar refractivity (Wildman–Crippen MR) is 83.6 cm³/mol. The number of amides is 2. The summed E-state index contributed by atoms with van der Waals surface area (Å²) in [5, 5.41) is 5.99. The summed E-state index contributed by atoms with van der Waals surface area (Å²) in [6.45, 7) is 1.06. The van der Waals surface area contributed by atoms with Crippen LogP contribution < -0.4 is 15.4 Å². The summed E-state index contributed by atoms with van der Waals surface area (Å²) in [6.07, 6.45) is 0. The average molecular weight is 323 g/mol. The van der Waals surface area contributed by atoms with Crippen molar-refractivity contribution >= 4 is 17.6 Å². The molecule has 0 aromatic heterocycles. The molecule has 2 amide bonds. The first-order chi connectivity index (χ1) is 10.6. The Bertz CT molecular complexity index is 603. The van der Waals surface area contributed by atoms with Crippen molar-refractivity contribution in [2.75, 3.05) is 13.2 Å². The number of hydrogen-bond acceptors (Lipinski definition) is 2. The van der Waals surface area contributed by atoms with Crippen molar-refractivity contribution in [2.24, 2.45) is 0 Å². The molecular weight excluding hydrogens is 307 g/mol. The normalized spacial score (nSPS) is 10.1. The van der Waals surface area contributed by atoms with Crippen molar-refractivity contribution in [1.29, 1.82) is 0 Å². The van der Waals surface area contributed by atoms with E-state index in [1.54, 1.807) is 36.4 Å². The number of hydrogen-bond donors (Lipinski definition) is 2. The van der Waals surface area contributed by atoms with Crippen LogP contribution >= 0.6 is 11.6 Å². The minimum atomic E-state index is -0.302. The summed E-state index contributed by atoms with van der Waals surface area (Å²) in [5.41, 5.74) is 0.828. The lowest BCUT2D eigenvalue weighted by atomic mass is 10.2. The molecule has 2 aromatic rings. The van der Waals surface area contributed by atoms with E-state index in [9.17, 15) is 9.18 Å². The van der Waals surface area contributed by atoms with E-state index in [0.717, 1.165) is 5.56 Å². The Morgan fingerprint density at radius 2 is 1.73 bits per heavy atom. The van der Waals surface area contributed by atoms with Crippen molar-refractivity contribution in [3.63, 3.8) is 0 Å². The third-order valence-corrected chi connectivity index (χ3v) is 3.09. The molecule has 0 aliphatic heterocycles. The van der Waals surface area contributed by atoms with Gasteiger partial charge in [-0.25, -0.2) is 9.18 Å². The molecule has 2 rings (SSSR count). The molecule has 6 heteroatoms. The van der Waals surface area contributed by atoms with Crippen LogP contribution in [0.2, 0.25) is 5.02 Å². The van der Waals surface area contributed by atoms with E-state index in [4.69, 9.17) is 16.3 Å². The lowest BCUT2D eigenvalue weighted by molar-refractivity contribution is 0.236. The van der Waals surface area contributed by atoms with Gasteiger partial charge >= 0.3 is 6.03 Å². The van der Waals surface area contributed by atoms with Gasteiger partial charge in [-0.15, -0.1) is 0 Å². The molecule has 0 aliphatic carbocycles. The second-order valence-electron chi connectivity index (χ2n) is 4.54. The molecule has 0 atom stereocenters. The molecule has 0 fully saturated rings. The number of ether oxygens (including phenoxy) is 1. The van der Waals surface area contributed by atoms with Gasteiger partial charge in [-0.05, 0) is 42.0 Å². The summed E-state index contributed by atoms with van der Waals surface area (Å²) in [4.78, 5) is 11.6. The summed E-state index contributed by atoms with van der Waals surface area (Å²) < 4.78 is 18.2. The highest BCUT2D eigenvalue weighted by atomic mass is 35.5. The monoisotopic (exact) mass is 322 g/mol. The molecule has 0 radical (unpaired) electrons. The minimum Gasteiger partial charge on any atom is -0.492 e. The zero-order chi connectivity index (χ0) is 15.8. The van der Waals surface area contributed by atoms with Crippen LogP contribution in [-0.2, 0) is 6.54 Å². The number of nitrogens with one attached hydrogen (secondary N) is 2. The standard InChI is InChI=1S/C16H16ClFN2O2/c17-13-3-7-15(8-4-13)22-10-9-19-16(21)20-11-12-1-5-14(18)6-2-12/h1-8H,9-11H2,(H2,19,20,21). The molecule has 0 saturated heterocycles. The summed E-state index contributed by atoms with van der Waals surface area (Å²) >= 11 is 5.77. The summed E-state index contributed by atoms with van der Waals surface area (Å²) in [7, 11) is 0. The molecule has 0 unspecified atom stereocenters.